The Labute approximate surface area is 59.2 Å². The predicted octanol–water partition coefficient (Wildman–Crippen LogP) is -0.0597. The van der Waals surface area contributed by atoms with E-state index in [-0.39, 0.29) is 5.91 Å². The number of rotatable bonds is 1. The van der Waals surface area contributed by atoms with Crippen molar-refractivity contribution in [2.45, 2.75) is 6.92 Å². The number of hydrogen-bond donors (Lipinski definition) is 1. The summed E-state index contributed by atoms with van der Waals surface area (Å²) in [6.07, 6.45) is 6.81. The van der Waals surface area contributed by atoms with Crippen LogP contribution >= 0.6 is 0 Å². The van der Waals surface area contributed by atoms with Crippen LogP contribution in [0.4, 0.5) is 0 Å². The Morgan fingerprint density at radius 1 is 1.70 bits per heavy atom. The van der Waals surface area contributed by atoms with Gasteiger partial charge in [-0.15, -0.1) is 0 Å². The van der Waals surface area contributed by atoms with Gasteiger partial charge in [0, 0.05) is 13.0 Å². The van der Waals surface area contributed by atoms with E-state index in [0.29, 0.717) is 0 Å². The summed E-state index contributed by atoms with van der Waals surface area (Å²) in [4.78, 5) is 14.3. The van der Waals surface area contributed by atoms with E-state index in [0.717, 1.165) is 5.70 Å². The highest BCUT2D eigenvalue weighted by Crippen LogP contribution is 1.88. The average molecular weight is 136 g/mol. The summed E-state index contributed by atoms with van der Waals surface area (Å²) in [5, 5.41) is 2.60. The van der Waals surface area contributed by atoms with Gasteiger partial charge in [0.05, 0.1) is 4.99 Å². The van der Waals surface area contributed by atoms with Crippen LogP contribution in [0.1, 0.15) is 6.92 Å². The summed E-state index contributed by atoms with van der Waals surface area (Å²) in [6.45, 7) is 1.47. The van der Waals surface area contributed by atoms with Crippen LogP contribution in [0.15, 0.2) is 24.0 Å². The van der Waals surface area contributed by atoms with Gasteiger partial charge in [0.15, 0.2) is 0 Å². The molecule has 10 heavy (non-hydrogen) atoms. The van der Waals surface area contributed by atoms with Gasteiger partial charge in [0.2, 0.25) is 12.1 Å². The number of aliphatic imine (C=N–C) groups is 1. The van der Waals surface area contributed by atoms with Crippen LogP contribution in [-0.4, -0.2) is 12.1 Å². The molecular weight excluding hydrogens is 128 g/mol. The van der Waals surface area contributed by atoms with Gasteiger partial charge in [-0.1, -0.05) is 0 Å². The van der Waals surface area contributed by atoms with Crippen molar-refractivity contribution < 1.29 is 4.79 Å². The van der Waals surface area contributed by atoms with Crippen LogP contribution in [0.3, 0.4) is 0 Å². The standard InChI is InChI=1S/C7H8N2O/c1-6(10)9-7-3-2-4-8-5-7/h2-5H,1H3,(H,9,10)/q+1. The topological polar surface area (TPSA) is 43.2 Å². The second kappa shape index (κ2) is 2.96. The molecule has 0 unspecified atom stereocenters. The van der Waals surface area contributed by atoms with Gasteiger partial charge >= 0.3 is 0 Å². The molecule has 0 saturated heterocycles. The van der Waals surface area contributed by atoms with E-state index < -0.39 is 0 Å². The molecule has 51 valence electrons. The summed E-state index contributed by atoms with van der Waals surface area (Å²) >= 11 is 0. The molecule has 1 N–H and O–H groups in total. The van der Waals surface area contributed by atoms with Crippen LogP contribution in [0.2, 0.25) is 0 Å². The highest BCUT2D eigenvalue weighted by atomic mass is 16.1. The molecule has 1 heterocycles. The second-order valence-corrected chi connectivity index (χ2v) is 1.92. The molecule has 0 aromatic heterocycles. The Morgan fingerprint density at radius 2 is 2.50 bits per heavy atom. The first-order valence-electron chi connectivity index (χ1n) is 2.96. The van der Waals surface area contributed by atoms with Crippen molar-refractivity contribution in [1.82, 2.24) is 10.3 Å². The Kier molecular flexibility index (Phi) is 1.99. The zero-order valence-corrected chi connectivity index (χ0v) is 5.66. The lowest BCUT2D eigenvalue weighted by molar-refractivity contribution is -0.118. The summed E-state index contributed by atoms with van der Waals surface area (Å²) < 4.78 is 0. The van der Waals surface area contributed by atoms with E-state index in [4.69, 9.17) is 0 Å². The predicted molar refractivity (Wildman–Crippen MR) is 39.2 cm³/mol. The van der Waals surface area contributed by atoms with E-state index >= 15 is 0 Å². The van der Waals surface area contributed by atoms with Gasteiger partial charge in [-0.2, -0.15) is 0 Å². The lowest BCUT2D eigenvalue weighted by atomic mass is 10.3. The van der Waals surface area contributed by atoms with Crippen molar-refractivity contribution in [1.29, 1.82) is 0 Å². The molecule has 3 nitrogen and oxygen atoms in total. The highest BCUT2D eigenvalue weighted by Gasteiger charge is 2.02. The number of hydrogen-bond acceptors (Lipinski definition) is 2. The maximum Gasteiger partial charge on any atom is 0.265 e. The Morgan fingerprint density at radius 3 is 3.00 bits per heavy atom. The molecule has 3 heteroatoms. The summed E-state index contributed by atoms with van der Waals surface area (Å²) in [6, 6.07) is 0. The summed E-state index contributed by atoms with van der Waals surface area (Å²) in [7, 11) is 0. The van der Waals surface area contributed by atoms with E-state index in [2.05, 4.69) is 10.3 Å². The van der Waals surface area contributed by atoms with Crippen LogP contribution < -0.4 is 10.3 Å². The largest absolute Gasteiger partial charge is 0.321 e. The van der Waals surface area contributed by atoms with Gasteiger partial charge < -0.3 is 5.32 Å². The number of nitrogens with zero attached hydrogens (tertiary/aromatic N) is 1. The molecule has 1 aliphatic rings. The molecule has 0 aliphatic carbocycles. The smallest absolute Gasteiger partial charge is 0.265 e. The van der Waals surface area contributed by atoms with E-state index in [1.165, 1.54) is 6.92 Å². The number of amides is 1. The molecule has 0 atom stereocenters. The average Bonchev–Trinajstić information content (AvgIpc) is 1.88. The minimum atomic E-state index is -0.0759. The molecule has 1 rings (SSSR count). The van der Waals surface area contributed by atoms with Crippen LogP contribution in [0.25, 0.3) is 0 Å². The lowest BCUT2D eigenvalue weighted by Gasteiger charge is -1.95. The minimum absolute atomic E-state index is 0.0759. The number of nitrogens with one attached hydrogen (secondary N) is 1. The molecule has 0 bridgehead atoms. The Balaban J connectivity index is 2.58. The third kappa shape index (κ3) is 1.85. The van der Waals surface area contributed by atoms with Gasteiger partial charge in [-0.3, -0.25) is 4.79 Å². The first-order chi connectivity index (χ1) is 4.79. The third-order valence-corrected chi connectivity index (χ3v) is 0.982. The zero-order valence-electron chi connectivity index (χ0n) is 5.66. The van der Waals surface area contributed by atoms with Gasteiger partial charge in [-0.05, 0) is 6.08 Å². The molecular formula is C7H8N2O+. The van der Waals surface area contributed by atoms with Crippen molar-refractivity contribution in [3.05, 3.63) is 24.0 Å². The third-order valence-electron chi connectivity index (χ3n) is 0.982. The van der Waals surface area contributed by atoms with Crippen molar-refractivity contribution in [2.24, 2.45) is 0 Å². The molecule has 0 saturated carbocycles. The van der Waals surface area contributed by atoms with Gasteiger partial charge in [-0.25, -0.2) is 0 Å². The molecule has 1 radical (unpaired) electrons. The Hall–Kier alpha value is -1.38. The van der Waals surface area contributed by atoms with Crippen molar-refractivity contribution in [3.8, 4) is 0 Å². The maximum atomic E-state index is 10.5. The van der Waals surface area contributed by atoms with E-state index in [1.807, 2.05) is 0 Å². The van der Waals surface area contributed by atoms with Crippen molar-refractivity contribution in [2.75, 3.05) is 0 Å². The Bertz CT molecular complexity index is 226. The summed E-state index contributed by atoms with van der Waals surface area (Å²) in [5.74, 6) is -0.0759. The number of carbonyl (C=O) groups excluding carboxylic acids is 1. The second-order valence-electron chi connectivity index (χ2n) is 1.92. The van der Waals surface area contributed by atoms with Crippen LogP contribution in [0.5, 0.6) is 0 Å². The molecule has 0 spiro atoms. The molecule has 1 amide bonds. The van der Waals surface area contributed by atoms with Crippen molar-refractivity contribution >= 4 is 12.1 Å². The van der Waals surface area contributed by atoms with E-state index in [1.54, 1.807) is 24.6 Å². The summed E-state index contributed by atoms with van der Waals surface area (Å²) in [5.41, 5.74) is 0.731. The minimum Gasteiger partial charge on any atom is -0.321 e. The number of allylic oxidation sites excluding steroid dienone is 3. The fourth-order valence-corrected chi connectivity index (χ4v) is 0.640. The fraction of sp³-hybridized carbons (Fsp3) is 0.143. The molecule has 0 aromatic rings. The molecule has 1 aliphatic heterocycles. The highest BCUT2D eigenvalue weighted by molar-refractivity contribution is 5.87. The van der Waals surface area contributed by atoms with Crippen LogP contribution in [0, 0.1) is 0 Å². The number of carbonyl (C=O) groups is 1. The first kappa shape index (κ1) is 6.74. The fourth-order valence-electron chi connectivity index (χ4n) is 0.640. The quantitative estimate of drug-likeness (QED) is 0.539. The lowest BCUT2D eigenvalue weighted by Crippen LogP contribution is -2.21. The zero-order chi connectivity index (χ0) is 7.40. The van der Waals surface area contributed by atoms with Gasteiger partial charge in [0.1, 0.15) is 5.70 Å². The first-order valence-corrected chi connectivity index (χ1v) is 2.96. The normalized spacial score (nSPS) is 14.7. The van der Waals surface area contributed by atoms with E-state index in [9.17, 15) is 4.79 Å². The maximum absolute atomic E-state index is 10.5. The van der Waals surface area contributed by atoms with Gasteiger partial charge in [0.25, 0.3) is 6.21 Å². The molecule has 0 fully saturated rings. The SMILES string of the molecule is CC(=O)NC1=CC=C[N+]=C1. The van der Waals surface area contributed by atoms with Crippen molar-refractivity contribution in [3.63, 3.8) is 0 Å². The molecule has 0 aromatic carbocycles. The monoisotopic (exact) mass is 136 g/mol. The van der Waals surface area contributed by atoms with Crippen LogP contribution in [-0.2, 0) is 4.79 Å².